The molecule has 2 atom stereocenters. The molecule has 6 heteroatoms. The van der Waals surface area contributed by atoms with E-state index >= 15 is 0 Å². The van der Waals surface area contributed by atoms with Gasteiger partial charge in [0.25, 0.3) is 0 Å². The average Bonchev–Trinajstić information content (AvgIpc) is 2.63. The Morgan fingerprint density at radius 2 is 1.92 bits per heavy atom. The maximum absolute atomic E-state index is 12.7. The minimum Gasteiger partial charge on any atom is -0.486 e. The van der Waals surface area contributed by atoms with Crippen molar-refractivity contribution in [3.63, 3.8) is 0 Å². The topological polar surface area (TPSA) is 39.2 Å². The summed E-state index contributed by atoms with van der Waals surface area (Å²) in [7, 11) is 0. The SMILES string of the molecule is C=CC(=O)C[C@@H]1CC[C@H](Oc2ccc(C(F)(F)F)cc2)c2cnccc21. The molecule has 1 aliphatic rings. The number of fused-ring (bicyclic) bond motifs is 1. The van der Waals surface area contributed by atoms with E-state index < -0.39 is 11.7 Å². The van der Waals surface area contributed by atoms with Crippen LogP contribution in [0.3, 0.4) is 0 Å². The number of hydrogen-bond donors (Lipinski definition) is 0. The van der Waals surface area contributed by atoms with Crippen LogP contribution in [0.2, 0.25) is 0 Å². The number of nitrogens with zero attached hydrogens (tertiary/aromatic N) is 1. The number of pyridine rings is 1. The minimum atomic E-state index is -4.37. The van der Waals surface area contributed by atoms with Gasteiger partial charge in [0, 0.05) is 24.4 Å². The summed E-state index contributed by atoms with van der Waals surface area (Å²) in [6.07, 6.45) is 1.82. The number of rotatable bonds is 5. The molecule has 1 aliphatic carbocycles. The predicted octanol–water partition coefficient (Wildman–Crippen LogP) is 5.24. The Morgan fingerprint density at radius 1 is 1.19 bits per heavy atom. The first-order valence-electron chi connectivity index (χ1n) is 8.31. The summed E-state index contributed by atoms with van der Waals surface area (Å²) < 4.78 is 43.9. The highest BCUT2D eigenvalue weighted by Crippen LogP contribution is 2.41. The number of ether oxygens (including phenoxy) is 1. The molecule has 1 heterocycles. The van der Waals surface area contributed by atoms with Gasteiger partial charge in [-0.3, -0.25) is 9.78 Å². The van der Waals surface area contributed by atoms with Crippen LogP contribution in [0.15, 0.2) is 55.4 Å². The molecule has 1 aromatic heterocycles. The molecule has 0 bridgehead atoms. The van der Waals surface area contributed by atoms with Crippen LogP contribution in [0, 0.1) is 0 Å². The van der Waals surface area contributed by atoms with Gasteiger partial charge < -0.3 is 4.74 Å². The van der Waals surface area contributed by atoms with E-state index in [1.165, 1.54) is 18.2 Å². The van der Waals surface area contributed by atoms with Crippen LogP contribution in [-0.4, -0.2) is 10.8 Å². The quantitative estimate of drug-likeness (QED) is 0.684. The minimum absolute atomic E-state index is 0.0140. The zero-order chi connectivity index (χ0) is 18.7. The third-order valence-corrected chi connectivity index (χ3v) is 4.59. The molecule has 0 spiro atoms. The first-order valence-corrected chi connectivity index (χ1v) is 8.31. The molecular weight excluding hydrogens is 343 g/mol. The number of alkyl halides is 3. The largest absolute Gasteiger partial charge is 0.486 e. The van der Waals surface area contributed by atoms with E-state index in [1.807, 2.05) is 6.07 Å². The average molecular weight is 361 g/mol. The summed E-state index contributed by atoms with van der Waals surface area (Å²) in [5.74, 6) is 0.434. The number of carbonyl (C=O) groups excluding carboxylic acids is 1. The normalized spacial score (nSPS) is 19.5. The number of ketones is 1. The molecule has 3 rings (SSSR count). The first-order chi connectivity index (χ1) is 12.4. The second-order valence-corrected chi connectivity index (χ2v) is 6.28. The van der Waals surface area contributed by atoms with Crippen LogP contribution in [0.4, 0.5) is 13.2 Å². The van der Waals surface area contributed by atoms with Crippen molar-refractivity contribution in [3.05, 3.63) is 72.1 Å². The van der Waals surface area contributed by atoms with Crippen molar-refractivity contribution in [2.45, 2.75) is 37.5 Å². The fraction of sp³-hybridized carbons (Fsp3) is 0.300. The van der Waals surface area contributed by atoms with Crippen molar-refractivity contribution < 1.29 is 22.7 Å². The number of aromatic nitrogens is 1. The lowest BCUT2D eigenvalue weighted by atomic mass is 9.79. The van der Waals surface area contributed by atoms with E-state index in [0.29, 0.717) is 18.6 Å². The van der Waals surface area contributed by atoms with Gasteiger partial charge in [0.05, 0.1) is 5.56 Å². The van der Waals surface area contributed by atoms with Gasteiger partial charge in [-0.15, -0.1) is 0 Å². The monoisotopic (exact) mass is 361 g/mol. The van der Waals surface area contributed by atoms with Gasteiger partial charge in [-0.2, -0.15) is 13.2 Å². The summed E-state index contributed by atoms with van der Waals surface area (Å²) in [6.45, 7) is 3.51. The van der Waals surface area contributed by atoms with Crippen LogP contribution >= 0.6 is 0 Å². The second kappa shape index (κ2) is 7.32. The summed E-state index contributed by atoms with van der Waals surface area (Å²) >= 11 is 0. The van der Waals surface area contributed by atoms with Gasteiger partial charge in [-0.1, -0.05) is 6.58 Å². The maximum atomic E-state index is 12.7. The Balaban J connectivity index is 1.79. The lowest BCUT2D eigenvalue weighted by Crippen LogP contribution is -2.20. The maximum Gasteiger partial charge on any atom is 0.416 e. The number of benzene rings is 1. The Bertz CT molecular complexity index is 799. The predicted molar refractivity (Wildman–Crippen MR) is 90.8 cm³/mol. The molecule has 0 amide bonds. The van der Waals surface area contributed by atoms with Crippen molar-refractivity contribution in [3.8, 4) is 5.75 Å². The summed E-state index contributed by atoms with van der Waals surface area (Å²) in [5, 5.41) is 0. The molecule has 0 saturated carbocycles. The van der Waals surface area contributed by atoms with E-state index in [1.54, 1.807) is 12.4 Å². The molecule has 0 N–H and O–H groups in total. The van der Waals surface area contributed by atoms with Crippen molar-refractivity contribution in [2.75, 3.05) is 0 Å². The van der Waals surface area contributed by atoms with Crippen LogP contribution in [-0.2, 0) is 11.0 Å². The molecule has 0 unspecified atom stereocenters. The lowest BCUT2D eigenvalue weighted by molar-refractivity contribution is -0.137. The van der Waals surface area contributed by atoms with E-state index in [0.717, 1.165) is 29.7 Å². The van der Waals surface area contributed by atoms with Crippen LogP contribution in [0.1, 0.15) is 48.0 Å². The van der Waals surface area contributed by atoms with Crippen LogP contribution in [0.25, 0.3) is 0 Å². The number of halogens is 3. The Hall–Kier alpha value is -2.63. The van der Waals surface area contributed by atoms with Gasteiger partial charge in [-0.05, 0) is 60.7 Å². The molecule has 0 saturated heterocycles. The van der Waals surface area contributed by atoms with Crippen LogP contribution < -0.4 is 4.74 Å². The smallest absolute Gasteiger partial charge is 0.416 e. The van der Waals surface area contributed by atoms with E-state index in [2.05, 4.69) is 11.6 Å². The number of carbonyl (C=O) groups is 1. The molecule has 1 aromatic carbocycles. The molecule has 3 nitrogen and oxygen atoms in total. The third kappa shape index (κ3) is 3.95. The molecule has 0 aliphatic heterocycles. The van der Waals surface area contributed by atoms with Crippen molar-refractivity contribution in [1.82, 2.24) is 4.98 Å². The molecule has 26 heavy (non-hydrogen) atoms. The fourth-order valence-corrected chi connectivity index (χ4v) is 3.27. The number of hydrogen-bond acceptors (Lipinski definition) is 3. The molecule has 0 radical (unpaired) electrons. The van der Waals surface area contributed by atoms with Crippen molar-refractivity contribution >= 4 is 5.78 Å². The van der Waals surface area contributed by atoms with Crippen molar-refractivity contribution in [1.29, 1.82) is 0 Å². The fourth-order valence-electron chi connectivity index (χ4n) is 3.27. The zero-order valence-corrected chi connectivity index (χ0v) is 14.0. The molecule has 136 valence electrons. The summed E-state index contributed by atoms with van der Waals surface area (Å²) in [5.41, 5.74) is 1.16. The highest BCUT2D eigenvalue weighted by molar-refractivity contribution is 5.89. The summed E-state index contributed by atoms with van der Waals surface area (Å²) in [4.78, 5) is 15.9. The molecule has 2 aromatic rings. The van der Waals surface area contributed by atoms with E-state index in [9.17, 15) is 18.0 Å². The van der Waals surface area contributed by atoms with Gasteiger partial charge in [0.1, 0.15) is 11.9 Å². The first kappa shape index (κ1) is 18.2. The van der Waals surface area contributed by atoms with E-state index in [4.69, 9.17) is 4.74 Å². The molecule has 0 fully saturated rings. The molecular formula is C20H18F3NO2. The van der Waals surface area contributed by atoms with Crippen LogP contribution in [0.5, 0.6) is 5.75 Å². The standard InChI is InChI=1S/C20H18F3NO2/c1-2-15(25)11-13-3-8-19(18-12-24-10-9-17(13)18)26-16-6-4-14(5-7-16)20(21,22)23/h2,4-7,9-10,12-13,19H,1,3,8,11H2/t13-,19-/m0/s1. The van der Waals surface area contributed by atoms with Gasteiger partial charge >= 0.3 is 6.18 Å². The third-order valence-electron chi connectivity index (χ3n) is 4.59. The Labute approximate surface area is 149 Å². The second-order valence-electron chi connectivity index (χ2n) is 6.28. The Morgan fingerprint density at radius 3 is 2.58 bits per heavy atom. The zero-order valence-electron chi connectivity index (χ0n) is 14.0. The van der Waals surface area contributed by atoms with Gasteiger partial charge in [-0.25, -0.2) is 0 Å². The van der Waals surface area contributed by atoms with Gasteiger partial charge in [0.2, 0.25) is 0 Å². The van der Waals surface area contributed by atoms with Crippen molar-refractivity contribution in [2.24, 2.45) is 0 Å². The highest BCUT2D eigenvalue weighted by atomic mass is 19.4. The Kier molecular flexibility index (Phi) is 5.11. The van der Waals surface area contributed by atoms with E-state index in [-0.39, 0.29) is 17.8 Å². The highest BCUT2D eigenvalue weighted by Gasteiger charge is 2.31. The lowest BCUT2D eigenvalue weighted by Gasteiger charge is -2.31. The number of allylic oxidation sites excluding steroid dienone is 1. The van der Waals surface area contributed by atoms with Gasteiger partial charge in [0.15, 0.2) is 5.78 Å². The summed E-state index contributed by atoms with van der Waals surface area (Å²) in [6, 6.07) is 6.54.